The highest BCUT2D eigenvalue weighted by atomic mass is 19.1. The highest BCUT2D eigenvalue weighted by molar-refractivity contribution is 6.00. The normalized spacial score (nSPS) is 13.7. The molecule has 1 saturated heterocycles. The SMILES string of the molecule is COC(=O)CNC(=O)CN(C)C(=O)Cn1nc(C2CCN(C(=O)CCC(=O)C(C)C)CC2)c2c(-c3cc4c(cnn4C)cc3F)cccc21.[HH]. The number of Topliss-reactive ketones (excluding diaryl/α,β-unsaturated/α-hetero) is 1. The number of rotatable bonds is 12. The van der Waals surface area contributed by atoms with Crippen LogP contribution < -0.4 is 5.32 Å². The van der Waals surface area contributed by atoms with Crippen LogP contribution in [0.25, 0.3) is 32.9 Å². The number of methoxy groups -OCH3 is 1. The van der Waals surface area contributed by atoms with E-state index in [1.807, 2.05) is 26.0 Å². The molecule has 1 aliphatic rings. The Labute approximate surface area is 284 Å². The van der Waals surface area contributed by atoms with E-state index in [-0.39, 0.29) is 57.4 Å². The van der Waals surface area contributed by atoms with Gasteiger partial charge < -0.3 is 19.9 Å². The van der Waals surface area contributed by atoms with Crippen LogP contribution in [0.5, 0.6) is 0 Å². The first-order chi connectivity index (χ1) is 23.4. The van der Waals surface area contributed by atoms with E-state index < -0.39 is 23.6 Å². The Kier molecular flexibility index (Phi) is 10.7. The molecule has 0 radical (unpaired) electrons. The van der Waals surface area contributed by atoms with E-state index in [0.717, 1.165) is 5.52 Å². The van der Waals surface area contributed by atoms with Crippen molar-refractivity contribution in [2.45, 2.75) is 52.0 Å². The first-order valence-electron chi connectivity index (χ1n) is 16.4. The molecule has 3 amide bonds. The third-order valence-corrected chi connectivity index (χ3v) is 9.14. The average molecular weight is 678 g/mol. The molecule has 5 rings (SSSR count). The lowest BCUT2D eigenvalue weighted by Crippen LogP contribution is -2.41. The van der Waals surface area contributed by atoms with Crippen LogP contribution in [0.3, 0.4) is 0 Å². The zero-order valence-corrected chi connectivity index (χ0v) is 28.5. The van der Waals surface area contributed by atoms with Gasteiger partial charge in [0, 0.05) is 69.6 Å². The number of ether oxygens (including phenoxy) is 1. The number of amides is 3. The van der Waals surface area contributed by atoms with Crippen LogP contribution in [-0.2, 0) is 42.3 Å². The number of aromatic nitrogens is 4. The second-order valence-corrected chi connectivity index (χ2v) is 12.8. The number of halogens is 1. The fraction of sp³-hybridized carbons (Fsp3) is 0.457. The molecule has 0 spiro atoms. The fourth-order valence-electron chi connectivity index (χ4n) is 6.20. The molecule has 49 heavy (non-hydrogen) atoms. The van der Waals surface area contributed by atoms with Gasteiger partial charge in [-0.2, -0.15) is 10.2 Å². The van der Waals surface area contributed by atoms with Crippen molar-refractivity contribution in [1.29, 1.82) is 0 Å². The molecule has 0 aliphatic carbocycles. The Balaban J connectivity index is 0.00000562. The van der Waals surface area contributed by atoms with Crippen LogP contribution in [0.2, 0.25) is 0 Å². The minimum absolute atomic E-state index is 0. The molecule has 262 valence electrons. The summed E-state index contributed by atoms with van der Waals surface area (Å²) >= 11 is 0. The van der Waals surface area contributed by atoms with Crippen LogP contribution in [0.1, 0.15) is 52.6 Å². The third-order valence-electron chi connectivity index (χ3n) is 9.14. The quantitative estimate of drug-likeness (QED) is 0.224. The largest absolute Gasteiger partial charge is 0.468 e. The number of hydrogen-bond acceptors (Lipinski definition) is 8. The predicted molar refractivity (Wildman–Crippen MR) is 182 cm³/mol. The molecule has 2 aromatic heterocycles. The van der Waals surface area contributed by atoms with Gasteiger partial charge in [0.1, 0.15) is 24.7 Å². The number of carbonyl (C=O) groups excluding carboxylic acids is 5. The lowest BCUT2D eigenvalue weighted by Gasteiger charge is -2.31. The number of likely N-dealkylation sites (tertiary alicyclic amines) is 1. The van der Waals surface area contributed by atoms with Crippen molar-refractivity contribution in [2.24, 2.45) is 13.0 Å². The number of hydrogen-bond donors (Lipinski definition) is 1. The standard InChI is InChI=1S/C35H42FN7O6.H2/c1-21(2)29(44)9-10-31(46)42-13-11-22(12-14-42)35-34-24(25-16-28-23(15-26(25)36)17-38-41(28)4)7-6-8-27(34)43(39-35)20-32(47)40(3)19-30(45)37-18-33(48)49-5;/h6-8,15-17,21-22H,9-14,18-20H2,1-5H3,(H,37,45);1H. The zero-order chi connectivity index (χ0) is 35.4. The number of fused-ring (bicyclic) bond motifs is 2. The molecule has 0 atom stereocenters. The number of nitrogens with zero attached hydrogens (tertiary/aromatic N) is 6. The number of nitrogens with one attached hydrogen (secondary N) is 1. The Bertz CT molecular complexity index is 1910. The van der Waals surface area contributed by atoms with E-state index in [4.69, 9.17) is 5.10 Å². The molecule has 13 nitrogen and oxygen atoms in total. The molecule has 1 fully saturated rings. The average Bonchev–Trinajstić information content (AvgIpc) is 3.64. The molecule has 1 N–H and O–H groups in total. The van der Waals surface area contributed by atoms with Crippen molar-refractivity contribution in [3.05, 3.63) is 48.0 Å². The van der Waals surface area contributed by atoms with Crippen LogP contribution >= 0.6 is 0 Å². The van der Waals surface area contributed by atoms with Crippen LogP contribution in [0.15, 0.2) is 36.5 Å². The Morgan fingerprint density at radius 3 is 2.51 bits per heavy atom. The van der Waals surface area contributed by atoms with E-state index in [1.165, 1.54) is 25.1 Å². The molecule has 2 aromatic carbocycles. The fourth-order valence-corrected chi connectivity index (χ4v) is 6.20. The van der Waals surface area contributed by atoms with Crippen molar-refractivity contribution in [2.75, 3.05) is 40.3 Å². The Morgan fingerprint density at radius 1 is 1.08 bits per heavy atom. The van der Waals surface area contributed by atoms with Gasteiger partial charge in [0.05, 0.1) is 36.6 Å². The number of esters is 1. The van der Waals surface area contributed by atoms with Crippen LogP contribution in [-0.4, -0.2) is 99.2 Å². The van der Waals surface area contributed by atoms with Gasteiger partial charge in [-0.3, -0.25) is 33.3 Å². The summed E-state index contributed by atoms with van der Waals surface area (Å²) in [4.78, 5) is 65.2. The van der Waals surface area contributed by atoms with Gasteiger partial charge in [0.15, 0.2) is 0 Å². The summed E-state index contributed by atoms with van der Waals surface area (Å²) in [7, 11) is 4.49. The van der Waals surface area contributed by atoms with E-state index in [9.17, 15) is 24.0 Å². The molecule has 0 bridgehead atoms. The highest BCUT2D eigenvalue weighted by Gasteiger charge is 2.30. The maximum absolute atomic E-state index is 15.8. The molecule has 0 unspecified atom stereocenters. The summed E-state index contributed by atoms with van der Waals surface area (Å²) in [6, 6.07) is 8.68. The molecule has 14 heteroatoms. The molecule has 0 saturated carbocycles. The van der Waals surface area contributed by atoms with Gasteiger partial charge in [-0.1, -0.05) is 26.0 Å². The van der Waals surface area contributed by atoms with Crippen molar-refractivity contribution >= 4 is 51.3 Å². The van der Waals surface area contributed by atoms with Gasteiger partial charge in [-0.05, 0) is 36.6 Å². The maximum Gasteiger partial charge on any atom is 0.325 e. The van der Waals surface area contributed by atoms with Gasteiger partial charge in [0.2, 0.25) is 17.7 Å². The summed E-state index contributed by atoms with van der Waals surface area (Å²) in [5.74, 6) is -2.15. The second kappa shape index (κ2) is 15.0. The predicted octanol–water partition coefficient (Wildman–Crippen LogP) is 3.43. The highest BCUT2D eigenvalue weighted by Crippen LogP contribution is 2.40. The minimum atomic E-state index is -0.607. The summed E-state index contributed by atoms with van der Waals surface area (Å²) < 4.78 is 23.6. The smallest absolute Gasteiger partial charge is 0.325 e. The molecule has 3 heterocycles. The van der Waals surface area contributed by atoms with Crippen molar-refractivity contribution in [1.82, 2.24) is 34.7 Å². The number of carbonyl (C=O) groups is 5. The number of piperidine rings is 1. The molecule has 1 aliphatic heterocycles. The van der Waals surface area contributed by atoms with Crippen molar-refractivity contribution < 1.29 is 34.5 Å². The summed E-state index contributed by atoms with van der Waals surface area (Å²) in [5.41, 5.74) is 3.07. The third kappa shape index (κ3) is 7.79. The molecular weight excluding hydrogens is 633 g/mol. The van der Waals surface area contributed by atoms with Gasteiger partial charge in [0.25, 0.3) is 0 Å². The molecular formula is C35H44FN7O6. The van der Waals surface area contributed by atoms with Crippen LogP contribution in [0.4, 0.5) is 4.39 Å². The summed E-state index contributed by atoms with van der Waals surface area (Å²) in [6.45, 7) is 3.83. The van der Waals surface area contributed by atoms with Crippen LogP contribution in [0, 0.1) is 11.7 Å². The van der Waals surface area contributed by atoms with E-state index >= 15 is 4.39 Å². The van der Waals surface area contributed by atoms with E-state index in [1.54, 1.807) is 39.6 Å². The van der Waals surface area contributed by atoms with E-state index in [0.29, 0.717) is 59.0 Å². The minimum Gasteiger partial charge on any atom is -0.468 e. The van der Waals surface area contributed by atoms with Gasteiger partial charge in [-0.25, -0.2) is 4.39 Å². The zero-order valence-electron chi connectivity index (χ0n) is 28.5. The van der Waals surface area contributed by atoms with E-state index in [2.05, 4.69) is 15.2 Å². The summed E-state index contributed by atoms with van der Waals surface area (Å²) in [5, 5.41) is 13.0. The first-order valence-corrected chi connectivity index (χ1v) is 16.4. The number of likely N-dealkylation sites (N-methyl/N-ethyl adjacent to an activating group) is 1. The Morgan fingerprint density at radius 2 is 1.82 bits per heavy atom. The summed E-state index contributed by atoms with van der Waals surface area (Å²) in [6.07, 6.45) is 3.20. The lowest BCUT2D eigenvalue weighted by molar-refractivity contribution is -0.141. The number of ketones is 1. The van der Waals surface area contributed by atoms with Crippen molar-refractivity contribution in [3.63, 3.8) is 0 Å². The molecule has 4 aromatic rings. The number of aryl methyl sites for hydroxylation is 1. The van der Waals surface area contributed by atoms with Gasteiger partial charge >= 0.3 is 5.97 Å². The lowest BCUT2D eigenvalue weighted by atomic mass is 9.88. The second-order valence-electron chi connectivity index (χ2n) is 12.8. The van der Waals surface area contributed by atoms with Crippen molar-refractivity contribution in [3.8, 4) is 11.1 Å². The number of benzene rings is 2. The monoisotopic (exact) mass is 677 g/mol. The Hall–Kier alpha value is -5.14. The maximum atomic E-state index is 15.8. The van der Waals surface area contributed by atoms with Gasteiger partial charge in [-0.15, -0.1) is 0 Å². The first kappa shape index (κ1) is 35.2. The topological polar surface area (TPSA) is 149 Å².